The number of hydrogen-bond donors (Lipinski definition) is 2. The maximum atomic E-state index is 9.81. The van der Waals surface area contributed by atoms with Gasteiger partial charge < -0.3 is 15.2 Å². The van der Waals surface area contributed by atoms with Gasteiger partial charge in [0.2, 0.25) is 0 Å². The highest BCUT2D eigenvalue weighted by Crippen LogP contribution is 2.49. The molecule has 2 N–H and O–H groups in total. The number of anilines is 1. The van der Waals surface area contributed by atoms with E-state index in [0.29, 0.717) is 11.7 Å². The summed E-state index contributed by atoms with van der Waals surface area (Å²) in [6, 6.07) is 14.3. The molecule has 2 aliphatic rings. The van der Waals surface area contributed by atoms with E-state index in [1.807, 2.05) is 12.1 Å². The molecule has 2 aliphatic heterocycles. The van der Waals surface area contributed by atoms with Crippen molar-refractivity contribution in [3.05, 3.63) is 59.2 Å². The van der Waals surface area contributed by atoms with Gasteiger partial charge in [-0.3, -0.25) is 0 Å². The van der Waals surface area contributed by atoms with Gasteiger partial charge in [0.1, 0.15) is 5.75 Å². The highest BCUT2D eigenvalue weighted by molar-refractivity contribution is 5.58. The first kappa shape index (κ1) is 13.6. The maximum absolute atomic E-state index is 9.81. The quantitative estimate of drug-likeness (QED) is 0.822. The lowest BCUT2D eigenvalue weighted by atomic mass is 9.77. The van der Waals surface area contributed by atoms with Crippen LogP contribution in [-0.2, 0) is 4.74 Å². The van der Waals surface area contributed by atoms with Crippen LogP contribution in [0, 0.1) is 12.8 Å². The van der Waals surface area contributed by atoms with Crippen LogP contribution in [0.25, 0.3) is 0 Å². The summed E-state index contributed by atoms with van der Waals surface area (Å²) >= 11 is 0. The van der Waals surface area contributed by atoms with E-state index >= 15 is 0 Å². The van der Waals surface area contributed by atoms with E-state index in [4.69, 9.17) is 4.74 Å². The zero-order valence-corrected chi connectivity index (χ0v) is 12.8. The van der Waals surface area contributed by atoms with E-state index < -0.39 is 0 Å². The lowest BCUT2D eigenvalue weighted by Gasteiger charge is -2.43. The second-order valence-electron chi connectivity index (χ2n) is 6.41. The van der Waals surface area contributed by atoms with Crippen LogP contribution in [0.15, 0.2) is 42.5 Å². The largest absolute Gasteiger partial charge is 0.508 e. The molecule has 1 saturated heterocycles. The van der Waals surface area contributed by atoms with Gasteiger partial charge in [-0.25, -0.2) is 0 Å². The number of phenolic OH excluding ortho intramolecular Hbond substituents is 1. The minimum absolute atomic E-state index is 0.150. The first-order valence-electron chi connectivity index (χ1n) is 8.00. The molecule has 114 valence electrons. The summed E-state index contributed by atoms with van der Waals surface area (Å²) in [5.74, 6) is 0.729. The van der Waals surface area contributed by atoms with Gasteiger partial charge in [0, 0.05) is 23.8 Å². The highest BCUT2D eigenvalue weighted by atomic mass is 16.5. The van der Waals surface area contributed by atoms with E-state index in [1.54, 1.807) is 6.07 Å². The molecule has 2 aromatic carbocycles. The monoisotopic (exact) mass is 295 g/mol. The number of aromatic hydroxyl groups is 1. The van der Waals surface area contributed by atoms with Gasteiger partial charge in [-0.05, 0) is 43.5 Å². The molecular formula is C19H21NO2. The molecule has 0 spiro atoms. The first-order chi connectivity index (χ1) is 10.7. The zero-order valence-electron chi connectivity index (χ0n) is 12.8. The van der Waals surface area contributed by atoms with Gasteiger partial charge in [0.25, 0.3) is 0 Å². The van der Waals surface area contributed by atoms with E-state index in [9.17, 15) is 5.11 Å². The molecule has 3 atom stereocenters. The Hall–Kier alpha value is -2.00. The predicted molar refractivity (Wildman–Crippen MR) is 87.1 cm³/mol. The van der Waals surface area contributed by atoms with Crippen molar-refractivity contribution in [1.82, 2.24) is 0 Å². The van der Waals surface area contributed by atoms with Gasteiger partial charge >= 0.3 is 0 Å². The smallest absolute Gasteiger partial charge is 0.115 e. The standard InChI is InChI=1S/C19H21NO2/c1-12-7-8-17-16(10-12)19-15(6-3-9-22-19)18(20-17)13-4-2-5-14(21)11-13/h2,4-5,7-8,10-11,15,18-21H,3,6,9H2,1H3/t15-,18?,19-/m0/s1. The molecule has 0 radical (unpaired) electrons. The lowest BCUT2D eigenvalue weighted by Crippen LogP contribution is -2.36. The highest BCUT2D eigenvalue weighted by Gasteiger charge is 2.39. The predicted octanol–water partition coefficient (Wildman–Crippen LogP) is 4.34. The van der Waals surface area contributed by atoms with E-state index in [2.05, 4.69) is 36.5 Å². The summed E-state index contributed by atoms with van der Waals surface area (Å²) < 4.78 is 6.14. The molecule has 1 unspecified atom stereocenters. The van der Waals surface area contributed by atoms with Crippen LogP contribution < -0.4 is 5.32 Å². The fourth-order valence-electron chi connectivity index (χ4n) is 3.84. The number of ether oxygens (including phenoxy) is 1. The topological polar surface area (TPSA) is 41.5 Å². The van der Waals surface area contributed by atoms with E-state index in [-0.39, 0.29) is 12.1 Å². The Balaban J connectivity index is 1.79. The van der Waals surface area contributed by atoms with E-state index in [0.717, 1.165) is 30.7 Å². The number of aryl methyl sites for hydroxylation is 1. The summed E-state index contributed by atoms with van der Waals surface area (Å²) in [5, 5.41) is 13.5. The number of nitrogens with one attached hydrogen (secondary N) is 1. The number of benzene rings is 2. The fourth-order valence-corrected chi connectivity index (χ4v) is 3.84. The molecule has 0 saturated carbocycles. The zero-order chi connectivity index (χ0) is 15.1. The van der Waals surface area contributed by atoms with Crippen molar-refractivity contribution in [3.8, 4) is 5.75 Å². The fraction of sp³-hybridized carbons (Fsp3) is 0.368. The first-order valence-corrected chi connectivity index (χ1v) is 8.00. The lowest BCUT2D eigenvalue weighted by molar-refractivity contribution is -0.0381. The van der Waals surface area contributed by atoms with Crippen molar-refractivity contribution >= 4 is 5.69 Å². The summed E-state index contributed by atoms with van der Waals surface area (Å²) in [6.45, 7) is 2.96. The third-order valence-electron chi connectivity index (χ3n) is 4.85. The molecular weight excluding hydrogens is 274 g/mol. The number of fused-ring (bicyclic) bond motifs is 3. The molecule has 3 nitrogen and oxygen atoms in total. The Morgan fingerprint density at radius 1 is 1.18 bits per heavy atom. The van der Waals surface area contributed by atoms with Gasteiger partial charge in [0.05, 0.1) is 12.1 Å². The molecule has 0 amide bonds. The van der Waals surface area contributed by atoms with Crippen molar-refractivity contribution in [3.63, 3.8) is 0 Å². The second-order valence-corrected chi connectivity index (χ2v) is 6.41. The average Bonchev–Trinajstić information content (AvgIpc) is 2.54. The Bertz CT molecular complexity index is 698. The maximum Gasteiger partial charge on any atom is 0.115 e. The van der Waals surface area contributed by atoms with Gasteiger partial charge in [-0.15, -0.1) is 0 Å². The van der Waals surface area contributed by atoms with Crippen molar-refractivity contribution in [1.29, 1.82) is 0 Å². The van der Waals surface area contributed by atoms with Crippen LogP contribution in [0.4, 0.5) is 5.69 Å². The number of hydrogen-bond acceptors (Lipinski definition) is 3. The number of rotatable bonds is 1. The van der Waals surface area contributed by atoms with Gasteiger partial charge in [-0.1, -0.05) is 29.8 Å². The van der Waals surface area contributed by atoms with Crippen LogP contribution in [0.1, 0.15) is 41.7 Å². The third-order valence-corrected chi connectivity index (χ3v) is 4.85. The summed E-state index contributed by atoms with van der Waals surface area (Å²) in [4.78, 5) is 0. The average molecular weight is 295 g/mol. The van der Waals surface area contributed by atoms with Crippen LogP contribution in [0.5, 0.6) is 5.75 Å². The van der Waals surface area contributed by atoms with Crippen LogP contribution in [0.3, 0.4) is 0 Å². The number of phenols is 1. The Morgan fingerprint density at radius 2 is 2.09 bits per heavy atom. The van der Waals surface area contributed by atoms with Gasteiger partial charge in [0.15, 0.2) is 0 Å². The summed E-state index contributed by atoms with van der Waals surface area (Å²) in [6.07, 6.45) is 2.39. The molecule has 4 rings (SSSR count). The molecule has 1 fully saturated rings. The van der Waals surface area contributed by atoms with Crippen molar-refractivity contribution in [2.24, 2.45) is 5.92 Å². The van der Waals surface area contributed by atoms with E-state index in [1.165, 1.54) is 11.1 Å². The molecule has 0 aromatic heterocycles. The normalized spacial score (nSPS) is 26.7. The molecule has 2 aromatic rings. The molecule has 3 heteroatoms. The molecule has 2 heterocycles. The minimum Gasteiger partial charge on any atom is -0.508 e. The van der Waals surface area contributed by atoms with Gasteiger partial charge in [-0.2, -0.15) is 0 Å². The summed E-state index contributed by atoms with van der Waals surface area (Å²) in [7, 11) is 0. The second kappa shape index (κ2) is 5.33. The van der Waals surface area contributed by atoms with Crippen LogP contribution in [-0.4, -0.2) is 11.7 Å². The van der Waals surface area contributed by atoms with Crippen molar-refractivity contribution in [2.75, 3.05) is 11.9 Å². The molecule has 0 aliphatic carbocycles. The minimum atomic E-state index is 0.150. The van der Waals surface area contributed by atoms with Crippen molar-refractivity contribution in [2.45, 2.75) is 31.9 Å². The molecule has 22 heavy (non-hydrogen) atoms. The van der Waals surface area contributed by atoms with Crippen LogP contribution in [0.2, 0.25) is 0 Å². The third kappa shape index (κ3) is 2.26. The van der Waals surface area contributed by atoms with Crippen molar-refractivity contribution < 1.29 is 9.84 Å². The Kier molecular flexibility index (Phi) is 3.30. The summed E-state index contributed by atoms with van der Waals surface area (Å²) in [5.41, 5.74) is 4.83. The Labute approximate surface area is 130 Å². The molecule has 0 bridgehead atoms. The Morgan fingerprint density at radius 3 is 2.95 bits per heavy atom. The SMILES string of the molecule is Cc1ccc2c(c1)[C@H]1OCCC[C@H]1C(c1cccc(O)c1)N2. The van der Waals surface area contributed by atoms with Crippen LogP contribution >= 0.6 is 0 Å².